The van der Waals surface area contributed by atoms with E-state index in [0.717, 1.165) is 22.6 Å². The molecule has 0 aliphatic rings. The molecule has 0 saturated heterocycles. The Morgan fingerprint density at radius 1 is 0.941 bits per heavy atom. The van der Waals surface area contributed by atoms with Gasteiger partial charge in [0.2, 0.25) is 5.95 Å². The van der Waals surface area contributed by atoms with Gasteiger partial charge in [0.25, 0.3) is 10.0 Å². The van der Waals surface area contributed by atoms with Crippen molar-refractivity contribution in [1.29, 1.82) is 0 Å². The van der Waals surface area contributed by atoms with Crippen molar-refractivity contribution in [2.45, 2.75) is 25.3 Å². The van der Waals surface area contributed by atoms with Crippen molar-refractivity contribution in [3.05, 3.63) is 90.0 Å². The zero-order valence-electron chi connectivity index (χ0n) is 18.6. The van der Waals surface area contributed by atoms with Crippen LogP contribution in [-0.4, -0.2) is 33.3 Å². The molecule has 4 aromatic rings. The standard InChI is InChI=1S/C23H23N7O2S2/c1-16-14-17(2)30(28-16)15-18-4-6-19(7-5-18)26-23(33)27-20-8-10-21(11-9-20)34(31,32)29-22-24-12-3-13-25-22/h3-14H,15H2,1-2H3,(H,24,25,29)(H2,26,27,33). The second-order valence-corrected chi connectivity index (χ2v) is 9.65. The van der Waals surface area contributed by atoms with Gasteiger partial charge in [-0.1, -0.05) is 12.1 Å². The Labute approximate surface area is 203 Å². The van der Waals surface area contributed by atoms with Crippen LogP contribution < -0.4 is 15.4 Å². The number of aryl methyl sites for hydroxylation is 2. The summed E-state index contributed by atoms with van der Waals surface area (Å²) in [6, 6.07) is 17.8. The van der Waals surface area contributed by atoms with Crippen LogP contribution in [0.1, 0.15) is 17.0 Å². The highest BCUT2D eigenvalue weighted by molar-refractivity contribution is 7.92. The first-order chi connectivity index (χ1) is 16.3. The molecule has 0 aliphatic carbocycles. The average Bonchev–Trinajstić information content (AvgIpc) is 3.12. The molecular formula is C23H23N7O2S2. The number of anilines is 3. The molecule has 0 unspecified atom stereocenters. The van der Waals surface area contributed by atoms with Crippen molar-refractivity contribution >= 4 is 44.7 Å². The molecule has 174 valence electrons. The van der Waals surface area contributed by atoms with Gasteiger partial charge in [0, 0.05) is 29.5 Å². The first-order valence-electron chi connectivity index (χ1n) is 10.4. The number of benzene rings is 2. The van der Waals surface area contributed by atoms with Gasteiger partial charge in [0.15, 0.2) is 5.11 Å². The number of nitrogens with zero attached hydrogens (tertiary/aromatic N) is 4. The average molecular weight is 494 g/mol. The molecule has 0 bridgehead atoms. The van der Waals surface area contributed by atoms with Crippen LogP contribution in [0.3, 0.4) is 0 Å². The molecule has 2 aromatic carbocycles. The summed E-state index contributed by atoms with van der Waals surface area (Å²) in [6.45, 7) is 4.72. The zero-order chi connectivity index (χ0) is 24.1. The van der Waals surface area contributed by atoms with Crippen molar-refractivity contribution < 1.29 is 8.42 Å². The number of sulfonamides is 1. The SMILES string of the molecule is Cc1cc(C)n(Cc2ccc(NC(=S)Nc3ccc(S(=O)(=O)Nc4ncccn4)cc3)cc2)n1. The quantitative estimate of drug-likeness (QED) is 0.332. The number of hydrogen-bond acceptors (Lipinski definition) is 6. The molecule has 4 rings (SSSR count). The first kappa shape index (κ1) is 23.3. The minimum Gasteiger partial charge on any atom is -0.332 e. The second-order valence-electron chi connectivity index (χ2n) is 7.56. The third-order valence-corrected chi connectivity index (χ3v) is 6.41. The fourth-order valence-corrected chi connectivity index (χ4v) is 4.44. The Morgan fingerprint density at radius 3 is 2.09 bits per heavy atom. The van der Waals surface area contributed by atoms with Crippen molar-refractivity contribution in [2.24, 2.45) is 0 Å². The Bertz CT molecular complexity index is 1390. The molecule has 0 fully saturated rings. The molecular weight excluding hydrogens is 470 g/mol. The Balaban J connectivity index is 1.33. The van der Waals surface area contributed by atoms with Gasteiger partial charge in [0.1, 0.15) is 0 Å². The van der Waals surface area contributed by atoms with Crippen LogP contribution in [0, 0.1) is 13.8 Å². The molecule has 0 aliphatic heterocycles. The van der Waals surface area contributed by atoms with Gasteiger partial charge >= 0.3 is 0 Å². The topological polar surface area (TPSA) is 114 Å². The lowest BCUT2D eigenvalue weighted by molar-refractivity contribution is 0.601. The molecule has 0 spiro atoms. The van der Waals surface area contributed by atoms with Crippen molar-refractivity contribution in [1.82, 2.24) is 19.7 Å². The molecule has 0 atom stereocenters. The van der Waals surface area contributed by atoms with Gasteiger partial charge in [-0.05, 0) is 80.2 Å². The van der Waals surface area contributed by atoms with Crippen LogP contribution in [0.25, 0.3) is 0 Å². The highest BCUT2D eigenvalue weighted by Crippen LogP contribution is 2.17. The molecule has 11 heteroatoms. The monoisotopic (exact) mass is 493 g/mol. The number of aromatic nitrogens is 4. The Kier molecular flexibility index (Phi) is 6.85. The van der Waals surface area contributed by atoms with E-state index in [9.17, 15) is 8.42 Å². The summed E-state index contributed by atoms with van der Waals surface area (Å²) in [5.41, 5.74) is 4.73. The second kappa shape index (κ2) is 9.98. The van der Waals surface area contributed by atoms with Gasteiger partial charge in [-0.3, -0.25) is 4.68 Å². The Morgan fingerprint density at radius 2 is 1.53 bits per heavy atom. The number of rotatable bonds is 7. The maximum atomic E-state index is 12.5. The van der Waals surface area contributed by atoms with Gasteiger partial charge in [-0.25, -0.2) is 23.1 Å². The minimum absolute atomic E-state index is 0.0102. The largest absolute Gasteiger partial charge is 0.332 e. The van der Waals surface area contributed by atoms with Crippen LogP contribution in [0.15, 0.2) is 78.0 Å². The van der Waals surface area contributed by atoms with E-state index in [1.165, 1.54) is 24.5 Å². The van der Waals surface area contributed by atoms with Crippen LogP contribution in [0.5, 0.6) is 0 Å². The molecule has 2 aromatic heterocycles. The van der Waals surface area contributed by atoms with Crippen LogP contribution in [-0.2, 0) is 16.6 Å². The first-order valence-corrected chi connectivity index (χ1v) is 12.3. The fraction of sp³-hybridized carbons (Fsp3) is 0.130. The van der Waals surface area contributed by atoms with Crippen molar-refractivity contribution in [3.63, 3.8) is 0 Å². The molecule has 0 radical (unpaired) electrons. The number of nitrogens with one attached hydrogen (secondary N) is 3. The van der Waals surface area contributed by atoms with Gasteiger partial charge in [-0.2, -0.15) is 5.10 Å². The highest BCUT2D eigenvalue weighted by atomic mass is 32.2. The van der Waals surface area contributed by atoms with Gasteiger partial charge in [-0.15, -0.1) is 0 Å². The third-order valence-electron chi connectivity index (χ3n) is 4.86. The third kappa shape index (κ3) is 5.94. The summed E-state index contributed by atoms with van der Waals surface area (Å²) in [7, 11) is -3.79. The van der Waals surface area contributed by atoms with E-state index in [0.29, 0.717) is 17.3 Å². The van der Waals surface area contributed by atoms with Crippen molar-refractivity contribution in [3.8, 4) is 0 Å². The lowest BCUT2D eigenvalue weighted by atomic mass is 10.2. The normalized spacial score (nSPS) is 11.1. The molecule has 2 heterocycles. The maximum Gasteiger partial charge on any atom is 0.264 e. The maximum absolute atomic E-state index is 12.5. The van der Waals surface area contributed by atoms with Crippen molar-refractivity contribution in [2.75, 3.05) is 15.4 Å². The molecule has 34 heavy (non-hydrogen) atoms. The smallest absolute Gasteiger partial charge is 0.264 e. The highest BCUT2D eigenvalue weighted by Gasteiger charge is 2.15. The van der Waals surface area contributed by atoms with E-state index in [1.807, 2.05) is 42.8 Å². The molecule has 0 saturated carbocycles. The van der Waals surface area contributed by atoms with E-state index in [1.54, 1.807) is 18.2 Å². The molecule has 3 N–H and O–H groups in total. The van der Waals surface area contributed by atoms with Gasteiger partial charge in [0.05, 0.1) is 17.1 Å². The summed E-state index contributed by atoms with van der Waals surface area (Å²) < 4.78 is 29.3. The molecule has 0 amide bonds. The summed E-state index contributed by atoms with van der Waals surface area (Å²) >= 11 is 5.39. The van der Waals surface area contributed by atoms with Crippen LogP contribution in [0.2, 0.25) is 0 Å². The fourth-order valence-electron chi connectivity index (χ4n) is 3.24. The predicted molar refractivity (Wildman–Crippen MR) is 136 cm³/mol. The van der Waals surface area contributed by atoms with Crippen LogP contribution in [0.4, 0.5) is 17.3 Å². The number of hydrogen-bond donors (Lipinski definition) is 3. The lowest BCUT2D eigenvalue weighted by Crippen LogP contribution is -2.19. The van der Waals surface area contributed by atoms with Gasteiger partial charge < -0.3 is 10.6 Å². The summed E-state index contributed by atoms with van der Waals surface area (Å²) in [4.78, 5) is 7.83. The van der Waals surface area contributed by atoms with E-state index in [4.69, 9.17) is 12.2 Å². The van der Waals surface area contributed by atoms with E-state index >= 15 is 0 Å². The summed E-state index contributed by atoms with van der Waals surface area (Å²) in [5.74, 6) is 0.0102. The Hall–Kier alpha value is -3.83. The van der Waals surface area contributed by atoms with Crippen LogP contribution >= 0.6 is 12.2 Å². The van der Waals surface area contributed by atoms with E-state index in [-0.39, 0.29) is 10.8 Å². The number of thiocarbonyl (C=S) groups is 1. The predicted octanol–water partition coefficient (Wildman–Crippen LogP) is 3.95. The zero-order valence-corrected chi connectivity index (χ0v) is 20.2. The van der Waals surface area contributed by atoms with E-state index < -0.39 is 10.0 Å². The lowest BCUT2D eigenvalue weighted by Gasteiger charge is -2.12. The summed E-state index contributed by atoms with van der Waals surface area (Å²) in [6.07, 6.45) is 2.92. The molecule has 9 nitrogen and oxygen atoms in total. The van der Waals surface area contributed by atoms with E-state index in [2.05, 4.69) is 36.5 Å². The summed E-state index contributed by atoms with van der Waals surface area (Å²) in [5, 5.41) is 11.0. The minimum atomic E-state index is -3.79.